The third-order valence-electron chi connectivity index (χ3n) is 8.24. The Balaban J connectivity index is 1.16. The average molecular weight is 784 g/mol. The van der Waals surface area contributed by atoms with Crippen molar-refractivity contribution in [1.82, 2.24) is 20.9 Å². The molecule has 1 heterocycles. The Bertz CT molecular complexity index is 1760. The molecule has 2 atom stereocenters. The number of nitrogens with zero attached hydrogens (tertiary/aromatic N) is 2. The van der Waals surface area contributed by atoms with Crippen LogP contribution >= 0.6 is 22.6 Å². The Hall–Kier alpha value is -5.19. The molecule has 0 bridgehead atoms. The van der Waals surface area contributed by atoms with E-state index < -0.39 is 61.0 Å². The van der Waals surface area contributed by atoms with Crippen LogP contribution in [0.25, 0.3) is 11.1 Å². The van der Waals surface area contributed by atoms with Crippen molar-refractivity contribution >= 4 is 64.1 Å². The van der Waals surface area contributed by atoms with E-state index in [0.717, 1.165) is 30.7 Å². The van der Waals surface area contributed by atoms with E-state index in [1.807, 2.05) is 48.5 Å². The Labute approximate surface area is 295 Å². The van der Waals surface area contributed by atoms with E-state index in [9.17, 15) is 33.9 Å². The van der Waals surface area contributed by atoms with E-state index in [1.165, 1.54) is 18.9 Å². The number of amides is 6. The van der Waals surface area contributed by atoms with Crippen molar-refractivity contribution in [2.75, 3.05) is 31.8 Å². The van der Waals surface area contributed by atoms with Gasteiger partial charge in [-0.05, 0) is 70.0 Å². The largest absolute Gasteiger partial charge is 0.495 e. The van der Waals surface area contributed by atoms with Gasteiger partial charge in [-0.15, -0.1) is 0 Å². The number of ether oxygens (including phenoxy) is 2. The fourth-order valence-electron chi connectivity index (χ4n) is 5.79. The Morgan fingerprint density at radius 3 is 2.24 bits per heavy atom. The molecule has 1 saturated heterocycles. The zero-order chi connectivity index (χ0) is 35.2. The smallest absolute Gasteiger partial charge is 0.407 e. The second kappa shape index (κ2) is 15.4. The molecule has 5 rings (SSSR count). The van der Waals surface area contributed by atoms with Gasteiger partial charge in [-0.25, -0.2) is 14.5 Å². The minimum absolute atomic E-state index is 0.0138. The van der Waals surface area contributed by atoms with E-state index in [0.29, 0.717) is 11.4 Å². The predicted octanol–water partition coefficient (Wildman–Crippen LogP) is 3.42. The number of carboxylic acids is 1. The van der Waals surface area contributed by atoms with E-state index >= 15 is 0 Å². The van der Waals surface area contributed by atoms with Gasteiger partial charge in [0.05, 0.1) is 19.2 Å². The zero-order valence-corrected chi connectivity index (χ0v) is 28.8. The van der Waals surface area contributed by atoms with Gasteiger partial charge in [0.1, 0.15) is 31.1 Å². The van der Waals surface area contributed by atoms with Crippen LogP contribution in [0.3, 0.4) is 0 Å². The summed E-state index contributed by atoms with van der Waals surface area (Å²) in [6.45, 7) is 0.884. The molecule has 0 spiro atoms. The number of anilines is 1. The molecular formula is C34H34IN5O9. The minimum Gasteiger partial charge on any atom is -0.495 e. The SMILES string of the molecule is COc1ccc(I)cc1N1CCC(=O)N(CNC(=O)[C@H](CC(=O)O)NC(=O)[C@H](C)NC(=O)OCC2c3ccccc3-c3ccccc32)C1=O. The molecule has 14 nitrogen and oxygen atoms in total. The lowest BCUT2D eigenvalue weighted by Gasteiger charge is -2.35. The fourth-order valence-corrected chi connectivity index (χ4v) is 6.26. The van der Waals surface area contributed by atoms with Crippen LogP contribution in [-0.2, 0) is 23.9 Å². The van der Waals surface area contributed by atoms with Gasteiger partial charge in [0.15, 0.2) is 0 Å². The molecule has 4 N–H and O–H groups in total. The summed E-state index contributed by atoms with van der Waals surface area (Å²) in [5, 5.41) is 16.5. The summed E-state index contributed by atoms with van der Waals surface area (Å²) in [6.07, 6.45) is -1.71. The van der Waals surface area contributed by atoms with Crippen LogP contribution in [0.1, 0.15) is 36.8 Å². The molecule has 6 amide bonds. The zero-order valence-electron chi connectivity index (χ0n) is 26.6. The summed E-state index contributed by atoms with van der Waals surface area (Å²) in [5.74, 6) is -3.52. The number of fused-ring (bicyclic) bond motifs is 3. The number of alkyl carbamates (subject to hydrolysis) is 1. The summed E-state index contributed by atoms with van der Waals surface area (Å²) >= 11 is 2.08. The van der Waals surface area contributed by atoms with Crippen molar-refractivity contribution < 1.29 is 43.3 Å². The van der Waals surface area contributed by atoms with Gasteiger partial charge in [-0.3, -0.25) is 24.1 Å². The van der Waals surface area contributed by atoms with Gasteiger partial charge in [-0.2, -0.15) is 0 Å². The molecule has 1 aliphatic carbocycles. The van der Waals surface area contributed by atoms with Crippen molar-refractivity contribution in [2.45, 2.75) is 37.8 Å². The molecule has 0 radical (unpaired) electrons. The van der Waals surface area contributed by atoms with Crippen LogP contribution in [0.15, 0.2) is 66.7 Å². The van der Waals surface area contributed by atoms with Crippen LogP contribution < -0.4 is 25.6 Å². The van der Waals surface area contributed by atoms with Crippen LogP contribution in [0.4, 0.5) is 15.3 Å². The molecule has 0 aromatic heterocycles. The van der Waals surface area contributed by atoms with Gasteiger partial charge in [0.2, 0.25) is 17.7 Å². The number of hydrogen-bond acceptors (Lipinski definition) is 8. The summed E-state index contributed by atoms with van der Waals surface area (Å²) in [4.78, 5) is 78.5. The lowest BCUT2D eigenvalue weighted by Crippen LogP contribution is -2.58. The molecule has 2 aliphatic rings. The first-order valence-corrected chi connectivity index (χ1v) is 16.4. The number of carbonyl (C=O) groups is 6. The Kier molecular flexibility index (Phi) is 11.0. The quantitative estimate of drug-likeness (QED) is 0.200. The Morgan fingerprint density at radius 1 is 0.959 bits per heavy atom. The predicted molar refractivity (Wildman–Crippen MR) is 185 cm³/mol. The lowest BCUT2D eigenvalue weighted by atomic mass is 9.98. The number of halogens is 1. The normalized spacial score (nSPS) is 15.1. The summed E-state index contributed by atoms with van der Waals surface area (Å²) in [5.41, 5.74) is 4.58. The van der Waals surface area contributed by atoms with E-state index in [2.05, 4.69) is 38.5 Å². The number of aliphatic carboxylic acids is 1. The van der Waals surface area contributed by atoms with Crippen LogP contribution in [0.2, 0.25) is 0 Å². The third-order valence-corrected chi connectivity index (χ3v) is 8.91. The van der Waals surface area contributed by atoms with Crippen LogP contribution in [0.5, 0.6) is 5.75 Å². The molecule has 49 heavy (non-hydrogen) atoms. The summed E-state index contributed by atoms with van der Waals surface area (Å²) < 4.78 is 11.7. The first-order valence-electron chi connectivity index (χ1n) is 15.3. The third kappa shape index (κ3) is 7.93. The molecule has 3 aromatic rings. The number of carboxylic acid groups (broad SMARTS) is 1. The van der Waals surface area contributed by atoms with Gasteiger partial charge in [0, 0.05) is 22.5 Å². The summed E-state index contributed by atoms with van der Waals surface area (Å²) in [6, 6.07) is 17.4. The van der Waals surface area contributed by atoms with E-state index in [4.69, 9.17) is 9.47 Å². The number of imide groups is 1. The van der Waals surface area contributed by atoms with Crippen LogP contribution in [-0.4, -0.2) is 84.8 Å². The van der Waals surface area contributed by atoms with E-state index in [-0.39, 0.29) is 25.5 Å². The van der Waals surface area contributed by atoms with Crippen molar-refractivity contribution in [2.24, 2.45) is 0 Å². The second-order valence-corrected chi connectivity index (χ2v) is 12.6. The number of hydrogen-bond donors (Lipinski definition) is 4. The number of nitrogens with one attached hydrogen (secondary N) is 3. The fraction of sp³-hybridized carbons (Fsp3) is 0.294. The van der Waals surface area contributed by atoms with Crippen molar-refractivity contribution in [3.05, 3.63) is 81.4 Å². The molecule has 15 heteroatoms. The first-order chi connectivity index (χ1) is 23.5. The maximum absolute atomic E-state index is 13.3. The van der Waals surface area contributed by atoms with Crippen molar-refractivity contribution in [3.63, 3.8) is 0 Å². The lowest BCUT2D eigenvalue weighted by molar-refractivity contribution is -0.141. The average Bonchev–Trinajstić information content (AvgIpc) is 3.40. The minimum atomic E-state index is -1.58. The number of carbonyl (C=O) groups excluding carboxylic acids is 5. The molecule has 3 aromatic carbocycles. The highest BCUT2D eigenvalue weighted by molar-refractivity contribution is 14.1. The molecule has 0 unspecified atom stereocenters. The molecule has 256 valence electrons. The second-order valence-electron chi connectivity index (χ2n) is 11.4. The van der Waals surface area contributed by atoms with E-state index in [1.54, 1.807) is 18.2 Å². The van der Waals surface area contributed by atoms with Crippen molar-refractivity contribution in [1.29, 1.82) is 0 Å². The van der Waals surface area contributed by atoms with Gasteiger partial charge < -0.3 is 30.5 Å². The molecule has 1 aliphatic heterocycles. The number of benzene rings is 3. The first kappa shape index (κ1) is 35.1. The van der Waals surface area contributed by atoms with Gasteiger partial charge >= 0.3 is 18.1 Å². The maximum atomic E-state index is 13.3. The monoisotopic (exact) mass is 783 g/mol. The highest BCUT2D eigenvalue weighted by Gasteiger charge is 2.36. The highest BCUT2D eigenvalue weighted by atomic mass is 127. The van der Waals surface area contributed by atoms with Crippen LogP contribution in [0, 0.1) is 3.57 Å². The maximum Gasteiger partial charge on any atom is 0.407 e. The van der Waals surface area contributed by atoms with Gasteiger partial charge in [0.25, 0.3) is 0 Å². The standard InChI is InChI=1S/C34H34IN5O9/c1-19(37-33(46)49-17-25-23-9-5-3-7-21(23)22-8-4-6-10-24(22)25)31(44)38-26(16-30(42)43)32(45)36-18-40-29(41)13-14-39(34(40)47)27-15-20(35)11-12-28(27)48-2/h3-12,15,19,25-26H,13-14,16-18H2,1-2H3,(H,36,45)(H,37,46)(H,38,44)(H,42,43)/t19-,26-/m0/s1. The van der Waals surface area contributed by atoms with Gasteiger partial charge in [-0.1, -0.05) is 48.5 Å². The Morgan fingerprint density at radius 2 is 1.61 bits per heavy atom. The summed E-state index contributed by atoms with van der Waals surface area (Å²) in [7, 11) is 1.45. The molecular weight excluding hydrogens is 749 g/mol. The number of methoxy groups -OCH3 is 1. The number of rotatable bonds is 12. The van der Waals surface area contributed by atoms with Crippen molar-refractivity contribution in [3.8, 4) is 16.9 Å². The molecule has 0 saturated carbocycles. The number of urea groups is 1. The molecule has 1 fully saturated rings. The topological polar surface area (TPSA) is 184 Å². The highest BCUT2D eigenvalue weighted by Crippen LogP contribution is 2.44.